The molecule has 0 N–H and O–H groups in total. The molecule has 7 aromatic heterocycles. The first-order chi connectivity index (χ1) is 48.1. The van der Waals surface area contributed by atoms with E-state index in [0.717, 1.165) is 5.69 Å². The summed E-state index contributed by atoms with van der Waals surface area (Å²) in [6, 6.07) is 113. The van der Waals surface area contributed by atoms with E-state index in [2.05, 4.69) is 311 Å². The number of hydrogen-bond donors (Lipinski definition) is 0. The molecule has 23 rings (SSSR count). The molecule has 3 nitrogen and oxygen atoms in total. The Morgan fingerprint density at radius 2 is 0.474 bits per heavy atom. The predicted octanol–water partition coefficient (Wildman–Crippen LogP) is 27.2. The maximum Gasteiger partial charge on any atom is 0.0562 e. The van der Waals surface area contributed by atoms with Crippen LogP contribution >= 0.6 is 45.3 Å². The van der Waals surface area contributed by atoms with Gasteiger partial charge in [0.05, 0.1) is 33.1 Å². The largest absolute Gasteiger partial charge is 0.309 e. The first kappa shape index (κ1) is 52.9. The van der Waals surface area contributed by atoms with Crippen molar-refractivity contribution >= 4 is 224 Å². The van der Waals surface area contributed by atoms with Gasteiger partial charge in [0.1, 0.15) is 0 Å². The van der Waals surface area contributed by atoms with Crippen molar-refractivity contribution in [3.8, 4) is 39.3 Å². The lowest BCUT2D eigenvalue weighted by Crippen LogP contribution is -1.96. The molecule has 0 spiro atoms. The third-order valence-corrected chi connectivity index (χ3v) is 25.8. The van der Waals surface area contributed by atoms with Crippen LogP contribution in [-0.4, -0.2) is 13.7 Å². The fourth-order valence-electron chi connectivity index (χ4n) is 17.1. The molecule has 7 heterocycles. The van der Waals surface area contributed by atoms with Gasteiger partial charge in [-0.3, -0.25) is 0 Å². The van der Waals surface area contributed by atoms with E-state index in [1.54, 1.807) is 0 Å². The molecule has 7 heteroatoms. The summed E-state index contributed by atoms with van der Waals surface area (Å²) in [5.41, 5.74) is 15.7. The highest BCUT2D eigenvalue weighted by atomic mass is 32.1. The summed E-state index contributed by atoms with van der Waals surface area (Å²) in [6.45, 7) is 0. The third kappa shape index (κ3) is 7.27. The van der Waals surface area contributed by atoms with Crippen molar-refractivity contribution in [1.82, 2.24) is 13.7 Å². The number of hydrogen-bond acceptors (Lipinski definition) is 4. The monoisotopic (exact) mass is 1300 g/mol. The Labute approximate surface area is 569 Å². The number of benzene rings is 16. The molecule has 0 amide bonds. The van der Waals surface area contributed by atoms with E-state index in [9.17, 15) is 0 Å². The minimum Gasteiger partial charge on any atom is -0.309 e. The average molecular weight is 1300 g/mol. The lowest BCUT2D eigenvalue weighted by Gasteiger charge is -2.15. The van der Waals surface area contributed by atoms with Gasteiger partial charge in [-0.15, -0.1) is 45.3 Å². The van der Waals surface area contributed by atoms with Gasteiger partial charge in [0.2, 0.25) is 0 Å². The average Bonchev–Trinajstić information content (AvgIpc) is 1.53. The minimum atomic E-state index is 1.14. The van der Waals surface area contributed by atoms with Gasteiger partial charge >= 0.3 is 0 Å². The lowest BCUT2D eigenvalue weighted by atomic mass is 9.94. The van der Waals surface area contributed by atoms with E-state index >= 15 is 0 Å². The molecule has 0 unspecified atom stereocenters. The molecule has 97 heavy (non-hydrogen) atoms. The zero-order valence-electron chi connectivity index (χ0n) is 51.8. The van der Waals surface area contributed by atoms with Crippen LogP contribution in [0.5, 0.6) is 0 Å². The molecule has 0 aliphatic rings. The van der Waals surface area contributed by atoms with Gasteiger partial charge in [-0.05, 0) is 152 Å². The second kappa shape index (κ2) is 19.6. The van der Waals surface area contributed by atoms with Crippen molar-refractivity contribution in [3.05, 3.63) is 297 Å². The Hall–Kier alpha value is -11.4. The van der Waals surface area contributed by atoms with Crippen molar-refractivity contribution < 1.29 is 0 Å². The summed E-state index contributed by atoms with van der Waals surface area (Å²) in [5.74, 6) is 0. The van der Waals surface area contributed by atoms with E-state index in [-0.39, 0.29) is 0 Å². The van der Waals surface area contributed by atoms with Crippen molar-refractivity contribution in [2.24, 2.45) is 0 Å². The Balaban J connectivity index is 0.794. The van der Waals surface area contributed by atoms with Crippen LogP contribution < -0.4 is 0 Å². The van der Waals surface area contributed by atoms with Crippen LogP contribution in [0.15, 0.2) is 297 Å². The van der Waals surface area contributed by atoms with E-state index in [1.165, 1.54) is 212 Å². The number of aromatic nitrogens is 3. The Morgan fingerprint density at radius 3 is 0.887 bits per heavy atom. The van der Waals surface area contributed by atoms with Gasteiger partial charge < -0.3 is 13.7 Å². The number of para-hydroxylation sites is 4. The van der Waals surface area contributed by atoms with Gasteiger partial charge in [-0.25, -0.2) is 0 Å². The van der Waals surface area contributed by atoms with Crippen molar-refractivity contribution in [2.75, 3.05) is 0 Å². The summed E-state index contributed by atoms with van der Waals surface area (Å²) < 4.78 is 17.9. The highest BCUT2D eigenvalue weighted by Gasteiger charge is 2.28. The first-order valence-corrected chi connectivity index (χ1v) is 36.4. The van der Waals surface area contributed by atoms with E-state index in [1.807, 2.05) is 45.3 Å². The number of fused-ring (bicyclic) bond motifs is 29. The molecule has 0 fully saturated rings. The molecule has 0 bridgehead atoms. The zero-order valence-corrected chi connectivity index (χ0v) is 55.0. The fourth-order valence-corrected chi connectivity index (χ4v) is 22.0. The Kier molecular flexibility index (Phi) is 10.7. The molecular formula is C90H49N3S4. The van der Waals surface area contributed by atoms with E-state index in [0.29, 0.717) is 0 Å². The maximum absolute atomic E-state index is 2.65. The first-order valence-electron chi connectivity index (χ1n) is 33.1. The second-order valence-electron chi connectivity index (χ2n) is 26.1. The normalized spacial score (nSPS) is 12.5. The van der Waals surface area contributed by atoms with Gasteiger partial charge in [-0.1, -0.05) is 200 Å². The van der Waals surface area contributed by atoms with Crippen LogP contribution in [0.2, 0.25) is 0 Å². The summed E-state index contributed by atoms with van der Waals surface area (Å²) in [6.07, 6.45) is 0. The number of nitrogens with zero attached hydrogens (tertiary/aromatic N) is 3. The van der Waals surface area contributed by atoms with Crippen LogP contribution in [0.4, 0.5) is 0 Å². The number of thiophene rings is 4. The fraction of sp³-hybridized carbons (Fsp3) is 0. The van der Waals surface area contributed by atoms with Crippen LogP contribution in [0.3, 0.4) is 0 Å². The minimum absolute atomic E-state index is 1.14. The van der Waals surface area contributed by atoms with Crippen molar-refractivity contribution in [3.63, 3.8) is 0 Å². The Morgan fingerprint density at radius 1 is 0.175 bits per heavy atom. The zero-order chi connectivity index (χ0) is 62.9. The molecule has 23 aromatic rings. The molecule has 448 valence electrons. The van der Waals surface area contributed by atoms with Crippen LogP contribution in [0.1, 0.15) is 0 Å². The van der Waals surface area contributed by atoms with Gasteiger partial charge in [0.25, 0.3) is 0 Å². The van der Waals surface area contributed by atoms with Gasteiger partial charge in [0.15, 0.2) is 0 Å². The molecule has 0 saturated heterocycles. The molecule has 16 aromatic carbocycles. The van der Waals surface area contributed by atoms with Gasteiger partial charge in [-0.2, -0.15) is 0 Å². The molecular weight excluding hydrogens is 1250 g/mol. The highest BCUT2D eigenvalue weighted by molar-refractivity contribution is 7.28. The molecule has 0 radical (unpaired) electrons. The van der Waals surface area contributed by atoms with Crippen LogP contribution in [-0.2, 0) is 0 Å². The molecule has 0 saturated carbocycles. The predicted molar refractivity (Wildman–Crippen MR) is 424 cm³/mol. The second-order valence-corrected chi connectivity index (χ2v) is 30.4. The topological polar surface area (TPSA) is 14.8 Å². The third-order valence-electron chi connectivity index (χ3n) is 21.2. The molecule has 0 atom stereocenters. The van der Waals surface area contributed by atoms with E-state index in [4.69, 9.17) is 0 Å². The van der Waals surface area contributed by atoms with Gasteiger partial charge in [0, 0.05) is 130 Å². The SMILES string of the molecule is c1ccc2c(c1)sc1c2c(-c2ccc3c(c2)sc2cc(-n4c5ccccc5c5ccccc54)ccc23)cc2c1c1c3sc4ccccc4c3c(-c3ccc4c(c3)sc3cc(-n5c6ccccc6c6ccccc65)ccc34)cc1n2-c1ccc2c3ccccc3c3ccccc3c2c1. The standard InChI is InChI=1S/C90H49N3S4/c1-2-19-57-55(17-1)56-18-3-4-20-58(56)72-45-52(35-40-59(57)72)93-77-48-70(50-33-38-64-66-41-36-53(46-83(66)94-81(64)43-50)91-73-27-11-5-21-60(73)61-22-6-12-28-74(61)91)85-68-25-9-15-31-79(68)96-89(85)87(77)88-78(93)49-71(86-69-26-10-16-32-80(69)97-90(86)88)51-34-39-65-67-42-37-54(47-84(67)95-82(65)44-51)92-75-29-13-7-23-62(75)63-24-8-14-30-76(63)92/h1-49H. The highest BCUT2D eigenvalue weighted by Crippen LogP contribution is 2.55. The smallest absolute Gasteiger partial charge is 0.0562 e. The quantitative estimate of drug-likeness (QED) is 0.153. The summed E-state index contributed by atoms with van der Waals surface area (Å²) in [7, 11) is 0. The maximum atomic E-state index is 2.65. The van der Waals surface area contributed by atoms with Crippen molar-refractivity contribution in [1.29, 1.82) is 0 Å². The Bertz CT molecular complexity index is 6960. The molecule has 0 aliphatic carbocycles. The number of rotatable bonds is 5. The summed E-state index contributed by atoms with van der Waals surface area (Å²) in [5, 5.41) is 25.6. The summed E-state index contributed by atoms with van der Waals surface area (Å²) in [4.78, 5) is 0. The molecule has 0 aliphatic heterocycles. The van der Waals surface area contributed by atoms with Crippen LogP contribution in [0, 0.1) is 0 Å². The summed E-state index contributed by atoms with van der Waals surface area (Å²) >= 11 is 7.71. The van der Waals surface area contributed by atoms with Crippen LogP contribution in [0.25, 0.3) is 218 Å². The van der Waals surface area contributed by atoms with Crippen molar-refractivity contribution in [2.45, 2.75) is 0 Å². The van der Waals surface area contributed by atoms with E-state index < -0.39 is 0 Å². The lowest BCUT2D eigenvalue weighted by molar-refractivity contribution is 1.19.